The zero-order valence-electron chi connectivity index (χ0n) is 10.9. The molecule has 1 aromatic heterocycles. The van der Waals surface area contributed by atoms with Crippen molar-refractivity contribution in [1.82, 2.24) is 10.1 Å². The molecule has 0 fully saturated rings. The summed E-state index contributed by atoms with van der Waals surface area (Å²) >= 11 is 11.6. The monoisotopic (exact) mass is 335 g/mol. The SMILES string of the molecule is O=[N+]([O-])c1cc(Cl)ccc1-c1nc(-c2ccc(Cl)cc2)no1. The van der Waals surface area contributed by atoms with Crippen molar-refractivity contribution in [2.24, 2.45) is 0 Å². The minimum atomic E-state index is -0.548. The van der Waals surface area contributed by atoms with Crippen LogP contribution in [0.3, 0.4) is 0 Å². The van der Waals surface area contributed by atoms with Gasteiger partial charge >= 0.3 is 0 Å². The first-order valence-electron chi connectivity index (χ1n) is 6.08. The van der Waals surface area contributed by atoms with Crippen LogP contribution in [-0.2, 0) is 0 Å². The molecule has 22 heavy (non-hydrogen) atoms. The van der Waals surface area contributed by atoms with Gasteiger partial charge in [-0.15, -0.1) is 0 Å². The van der Waals surface area contributed by atoms with Crippen LogP contribution < -0.4 is 0 Å². The Labute approximate surface area is 134 Å². The smallest absolute Gasteiger partial charge is 0.283 e. The first-order valence-corrected chi connectivity index (χ1v) is 6.84. The van der Waals surface area contributed by atoms with Crippen molar-refractivity contribution < 1.29 is 9.45 Å². The Morgan fingerprint density at radius 3 is 2.41 bits per heavy atom. The van der Waals surface area contributed by atoms with Crippen LogP contribution in [0.15, 0.2) is 47.0 Å². The summed E-state index contributed by atoms with van der Waals surface area (Å²) in [6.45, 7) is 0. The van der Waals surface area contributed by atoms with E-state index in [0.29, 0.717) is 16.4 Å². The number of nitrogens with zero attached hydrogens (tertiary/aromatic N) is 3. The first-order chi connectivity index (χ1) is 10.5. The van der Waals surface area contributed by atoms with Gasteiger partial charge < -0.3 is 4.52 Å². The highest BCUT2D eigenvalue weighted by Gasteiger charge is 2.21. The molecule has 0 aliphatic rings. The van der Waals surface area contributed by atoms with Crippen molar-refractivity contribution in [1.29, 1.82) is 0 Å². The third kappa shape index (κ3) is 2.79. The van der Waals surface area contributed by atoms with Crippen LogP contribution in [0.25, 0.3) is 22.8 Å². The maximum absolute atomic E-state index is 11.1. The maximum Gasteiger partial charge on any atom is 0.283 e. The largest absolute Gasteiger partial charge is 0.333 e. The fourth-order valence-electron chi connectivity index (χ4n) is 1.89. The van der Waals surface area contributed by atoms with Gasteiger partial charge in [-0.3, -0.25) is 10.1 Å². The predicted molar refractivity (Wildman–Crippen MR) is 81.8 cm³/mol. The molecule has 0 aliphatic heterocycles. The van der Waals surface area contributed by atoms with Crippen molar-refractivity contribution >= 4 is 28.9 Å². The third-order valence-electron chi connectivity index (χ3n) is 2.92. The summed E-state index contributed by atoms with van der Waals surface area (Å²) in [5, 5.41) is 15.8. The highest BCUT2D eigenvalue weighted by Crippen LogP contribution is 2.32. The fourth-order valence-corrected chi connectivity index (χ4v) is 2.18. The molecule has 0 atom stereocenters. The van der Waals surface area contributed by atoms with E-state index in [1.807, 2.05) is 0 Å². The Morgan fingerprint density at radius 1 is 1.05 bits per heavy atom. The third-order valence-corrected chi connectivity index (χ3v) is 3.40. The lowest BCUT2D eigenvalue weighted by Gasteiger charge is -1.98. The lowest BCUT2D eigenvalue weighted by Crippen LogP contribution is -1.92. The van der Waals surface area contributed by atoms with Crippen LogP contribution >= 0.6 is 23.2 Å². The van der Waals surface area contributed by atoms with Gasteiger partial charge in [-0.1, -0.05) is 28.4 Å². The van der Waals surface area contributed by atoms with Crippen LogP contribution in [0, 0.1) is 10.1 Å². The van der Waals surface area contributed by atoms with Gasteiger partial charge in [0.05, 0.1) is 4.92 Å². The van der Waals surface area contributed by atoms with Gasteiger partial charge in [0.25, 0.3) is 11.6 Å². The fraction of sp³-hybridized carbons (Fsp3) is 0. The molecule has 1 heterocycles. The van der Waals surface area contributed by atoms with Gasteiger partial charge in [-0.05, 0) is 36.4 Å². The summed E-state index contributed by atoms with van der Waals surface area (Å²) in [4.78, 5) is 14.7. The molecule has 0 saturated carbocycles. The van der Waals surface area contributed by atoms with Gasteiger partial charge in [0.2, 0.25) is 5.82 Å². The number of nitro groups is 1. The highest BCUT2D eigenvalue weighted by atomic mass is 35.5. The molecule has 0 N–H and O–H groups in total. The Bertz CT molecular complexity index is 847. The van der Waals surface area contributed by atoms with E-state index in [0.717, 1.165) is 0 Å². The number of benzene rings is 2. The number of aromatic nitrogens is 2. The van der Waals surface area contributed by atoms with E-state index in [1.165, 1.54) is 18.2 Å². The predicted octanol–water partition coefficient (Wildman–Crippen LogP) is 4.62. The second-order valence-electron chi connectivity index (χ2n) is 4.35. The van der Waals surface area contributed by atoms with E-state index in [1.54, 1.807) is 24.3 Å². The average Bonchev–Trinajstić information content (AvgIpc) is 2.97. The summed E-state index contributed by atoms with van der Waals surface area (Å²) < 4.78 is 5.12. The Hall–Kier alpha value is -2.44. The number of hydrogen-bond acceptors (Lipinski definition) is 5. The minimum Gasteiger partial charge on any atom is -0.333 e. The molecular weight excluding hydrogens is 329 g/mol. The Morgan fingerprint density at radius 2 is 1.73 bits per heavy atom. The van der Waals surface area contributed by atoms with E-state index in [-0.39, 0.29) is 22.2 Å². The molecule has 0 amide bonds. The molecule has 0 aliphatic carbocycles. The van der Waals surface area contributed by atoms with Crippen molar-refractivity contribution in [3.05, 3.63) is 62.6 Å². The second-order valence-corrected chi connectivity index (χ2v) is 5.22. The Kier molecular flexibility index (Phi) is 3.79. The number of halogens is 2. The zero-order valence-corrected chi connectivity index (χ0v) is 12.4. The quantitative estimate of drug-likeness (QED) is 0.515. The normalized spacial score (nSPS) is 10.6. The molecular formula is C14H7Cl2N3O3. The molecule has 0 unspecified atom stereocenters. The molecule has 3 rings (SSSR count). The van der Waals surface area contributed by atoms with Gasteiger partial charge in [0.15, 0.2) is 0 Å². The lowest BCUT2D eigenvalue weighted by atomic mass is 10.2. The van der Waals surface area contributed by atoms with Gasteiger partial charge in [-0.2, -0.15) is 4.98 Å². The van der Waals surface area contributed by atoms with E-state index >= 15 is 0 Å². The molecule has 0 spiro atoms. The standard InChI is InChI=1S/C14H7Cl2N3O3/c15-9-3-1-8(2-4-9)13-17-14(22-18-13)11-6-5-10(16)7-12(11)19(20)21/h1-7H. The van der Waals surface area contributed by atoms with Gasteiger partial charge in [0.1, 0.15) is 5.56 Å². The number of hydrogen-bond donors (Lipinski definition) is 0. The van der Waals surface area contributed by atoms with Gasteiger partial charge in [-0.25, -0.2) is 0 Å². The minimum absolute atomic E-state index is 0.0494. The average molecular weight is 336 g/mol. The van der Waals surface area contributed by atoms with E-state index < -0.39 is 4.92 Å². The summed E-state index contributed by atoms with van der Waals surface area (Å²) in [6.07, 6.45) is 0. The molecule has 0 radical (unpaired) electrons. The summed E-state index contributed by atoms with van der Waals surface area (Å²) in [7, 11) is 0. The van der Waals surface area contributed by atoms with Crippen LogP contribution in [0.1, 0.15) is 0 Å². The molecule has 110 valence electrons. The highest BCUT2D eigenvalue weighted by molar-refractivity contribution is 6.31. The summed E-state index contributed by atoms with van der Waals surface area (Å²) in [5.41, 5.74) is 0.705. The topological polar surface area (TPSA) is 82.1 Å². The van der Waals surface area contributed by atoms with Crippen molar-refractivity contribution in [2.75, 3.05) is 0 Å². The van der Waals surface area contributed by atoms with Crippen molar-refractivity contribution in [3.8, 4) is 22.8 Å². The van der Waals surface area contributed by atoms with Crippen LogP contribution in [0.4, 0.5) is 5.69 Å². The van der Waals surface area contributed by atoms with Crippen LogP contribution in [0.5, 0.6) is 0 Å². The molecule has 6 nitrogen and oxygen atoms in total. The second kappa shape index (κ2) is 5.75. The Balaban J connectivity index is 2.04. The number of nitro benzene ring substituents is 1. The number of rotatable bonds is 3. The van der Waals surface area contributed by atoms with E-state index in [2.05, 4.69) is 10.1 Å². The lowest BCUT2D eigenvalue weighted by molar-refractivity contribution is -0.384. The molecule has 0 saturated heterocycles. The molecule has 2 aromatic carbocycles. The van der Waals surface area contributed by atoms with E-state index in [9.17, 15) is 10.1 Å². The molecule has 0 bridgehead atoms. The van der Waals surface area contributed by atoms with E-state index in [4.69, 9.17) is 27.7 Å². The van der Waals surface area contributed by atoms with Crippen molar-refractivity contribution in [2.45, 2.75) is 0 Å². The van der Waals surface area contributed by atoms with Gasteiger partial charge in [0, 0.05) is 21.7 Å². The maximum atomic E-state index is 11.1. The summed E-state index contributed by atoms with van der Waals surface area (Å²) in [6, 6.07) is 11.1. The first kappa shape index (κ1) is 14.5. The molecule has 3 aromatic rings. The summed E-state index contributed by atoms with van der Waals surface area (Å²) in [5.74, 6) is 0.365. The van der Waals surface area contributed by atoms with Crippen LogP contribution in [-0.4, -0.2) is 15.1 Å². The molecule has 8 heteroatoms. The van der Waals surface area contributed by atoms with Crippen molar-refractivity contribution in [3.63, 3.8) is 0 Å². The zero-order chi connectivity index (χ0) is 15.7. The van der Waals surface area contributed by atoms with Crippen LogP contribution in [0.2, 0.25) is 10.0 Å².